The van der Waals surface area contributed by atoms with E-state index in [1.165, 1.54) is 0 Å². The summed E-state index contributed by atoms with van der Waals surface area (Å²) in [4.78, 5) is 14.3. The molecule has 0 atom stereocenters. The monoisotopic (exact) mass is 188 g/mol. The molecule has 48 valence electrons. The molecule has 0 aromatic rings. The van der Waals surface area contributed by atoms with Gasteiger partial charge in [-0.3, -0.25) is 0 Å². The largest absolute Gasteiger partial charge is 2.00 e. The first kappa shape index (κ1) is 23.1. The molecule has 0 saturated carbocycles. The van der Waals surface area contributed by atoms with Crippen LogP contribution in [0.5, 0.6) is 0 Å². The van der Waals surface area contributed by atoms with Crippen LogP contribution < -0.4 is 0 Å². The number of hydrogen-bond acceptors (Lipinski definition) is 2. The van der Waals surface area contributed by atoms with Crippen molar-refractivity contribution in [1.29, 1.82) is 0 Å². The second kappa shape index (κ2) is 99.6. The van der Waals surface area contributed by atoms with E-state index >= 15 is 0 Å². The molecule has 0 rings (SSSR count). The van der Waals surface area contributed by atoms with Crippen molar-refractivity contribution in [3.63, 3.8) is 0 Å². The van der Waals surface area contributed by atoms with E-state index in [-0.39, 0.29) is 19.5 Å². The van der Waals surface area contributed by atoms with Crippen LogP contribution in [0.25, 0.3) is 0 Å². The van der Waals surface area contributed by atoms with Gasteiger partial charge in [-0.2, -0.15) is 13.8 Å². The molecule has 0 bridgehead atoms. The normalized spacial score (nSPS) is 3.75. The predicted molar refractivity (Wildman–Crippen MR) is 34.8 cm³/mol. The minimum absolute atomic E-state index is 0. The van der Waals surface area contributed by atoms with Gasteiger partial charge in [0.25, 0.3) is 0 Å². The molecule has 0 amide bonds. The molecule has 0 saturated heterocycles. The van der Waals surface area contributed by atoms with Crippen LogP contribution in [0.4, 0.5) is 0 Å². The standard InChI is InChI=1S/2C2H5.H3O2P.Zn/c2*1-2;1-3-2;/h2*1H2,2H3;1-3H;/q2*-1;;+2. The zero-order chi connectivity index (χ0) is 6.71. The van der Waals surface area contributed by atoms with Crippen molar-refractivity contribution < 1.29 is 29.3 Å². The van der Waals surface area contributed by atoms with Gasteiger partial charge in [0.15, 0.2) is 0 Å². The summed E-state index contributed by atoms with van der Waals surface area (Å²) in [6.45, 7) is 10.0. The van der Waals surface area contributed by atoms with Crippen molar-refractivity contribution in [2.45, 2.75) is 13.8 Å². The topological polar surface area (TPSA) is 40.5 Å². The van der Waals surface area contributed by atoms with Gasteiger partial charge in [-0.1, -0.05) is 0 Å². The molecule has 0 fully saturated rings. The minimum Gasteiger partial charge on any atom is -0.352 e. The molecular weight excluding hydrogens is 176 g/mol. The third-order valence-corrected chi connectivity index (χ3v) is 0. The van der Waals surface area contributed by atoms with Crippen molar-refractivity contribution in [3.05, 3.63) is 13.8 Å². The van der Waals surface area contributed by atoms with Crippen molar-refractivity contribution in [2.75, 3.05) is 0 Å². The maximum absolute atomic E-state index is 7.15. The van der Waals surface area contributed by atoms with Gasteiger partial charge >= 0.3 is 19.5 Å². The van der Waals surface area contributed by atoms with Gasteiger partial charge in [-0.25, -0.2) is 0 Å². The number of rotatable bonds is 0. The molecule has 0 unspecified atom stereocenters. The Morgan fingerprint density at radius 3 is 1.00 bits per heavy atom. The Morgan fingerprint density at radius 1 is 1.00 bits per heavy atom. The second-order valence-corrected chi connectivity index (χ2v) is 0.300. The van der Waals surface area contributed by atoms with Gasteiger partial charge in [0.05, 0.1) is 0 Å². The van der Waals surface area contributed by atoms with E-state index in [4.69, 9.17) is 9.79 Å². The zero-order valence-electron chi connectivity index (χ0n) is 5.52. The van der Waals surface area contributed by atoms with E-state index in [1.807, 2.05) is 0 Å². The molecule has 0 aliphatic rings. The van der Waals surface area contributed by atoms with Crippen molar-refractivity contribution >= 4 is 9.03 Å². The average Bonchev–Trinajstić information content (AvgIpc) is 1.78. The molecule has 0 aliphatic heterocycles. The van der Waals surface area contributed by atoms with E-state index < -0.39 is 9.03 Å². The summed E-state index contributed by atoms with van der Waals surface area (Å²) in [6.07, 6.45) is 0. The molecule has 8 heavy (non-hydrogen) atoms. The van der Waals surface area contributed by atoms with Crippen molar-refractivity contribution in [1.82, 2.24) is 0 Å². The molecule has 0 radical (unpaired) electrons. The summed E-state index contributed by atoms with van der Waals surface area (Å²) in [5.74, 6) is 0. The fourth-order valence-corrected chi connectivity index (χ4v) is 0. The van der Waals surface area contributed by atoms with Gasteiger partial charge in [0.1, 0.15) is 9.03 Å². The Balaban J connectivity index is -0.0000000147. The summed E-state index contributed by atoms with van der Waals surface area (Å²) in [5, 5.41) is 0. The third-order valence-electron chi connectivity index (χ3n) is 0. The van der Waals surface area contributed by atoms with Crippen LogP contribution in [0.15, 0.2) is 0 Å². The fourth-order valence-electron chi connectivity index (χ4n) is 0. The van der Waals surface area contributed by atoms with E-state index in [2.05, 4.69) is 13.8 Å². The van der Waals surface area contributed by atoms with Crippen LogP contribution in [-0.4, -0.2) is 9.79 Å². The van der Waals surface area contributed by atoms with E-state index in [0.717, 1.165) is 0 Å². The van der Waals surface area contributed by atoms with Gasteiger partial charge < -0.3 is 23.6 Å². The van der Waals surface area contributed by atoms with Gasteiger partial charge in [0, 0.05) is 0 Å². The number of hydrogen-bond donors (Lipinski definition) is 2. The quantitative estimate of drug-likeness (QED) is 0.341. The van der Waals surface area contributed by atoms with Crippen molar-refractivity contribution in [2.24, 2.45) is 0 Å². The summed E-state index contributed by atoms with van der Waals surface area (Å²) in [6, 6.07) is 0. The Hall–Kier alpha value is 0.973. The first-order valence-corrected chi connectivity index (χ1v) is 2.76. The first-order chi connectivity index (χ1) is 3.41. The molecule has 4 heteroatoms. The molecule has 0 aliphatic carbocycles. The van der Waals surface area contributed by atoms with E-state index in [9.17, 15) is 0 Å². The Bertz CT molecular complexity index is 14.0. The van der Waals surface area contributed by atoms with E-state index in [1.54, 1.807) is 13.8 Å². The molecule has 0 aromatic heterocycles. The Morgan fingerprint density at radius 2 is 1.00 bits per heavy atom. The SMILES string of the molecule is OPO.[CH2-]C.[CH2-]C.[Zn+2]. The van der Waals surface area contributed by atoms with Crippen LogP contribution in [-0.2, 0) is 19.5 Å². The van der Waals surface area contributed by atoms with Gasteiger partial charge in [0.2, 0.25) is 0 Å². The van der Waals surface area contributed by atoms with Crippen LogP contribution in [0.2, 0.25) is 0 Å². The van der Waals surface area contributed by atoms with Crippen LogP contribution in [0.1, 0.15) is 13.8 Å². The fraction of sp³-hybridized carbons (Fsp3) is 0.500. The molecule has 0 aromatic carbocycles. The summed E-state index contributed by atoms with van der Waals surface area (Å²) >= 11 is 0. The smallest absolute Gasteiger partial charge is 0.352 e. The van der Waals surface area contributed by atoms with Crippen molar-refractivity contribution in [3.8, 4) is 0 Å². The van der Waals surface area contributed by atoms with Crippen LogP contribution in [0.3, 0.4) is 0 Å². The van der Waals surface area contributed by atoms with E-state index in [0.29, 0.717) is 0 Å². The summed E-state index contributed by atoms with van der Waals surface area (Å²) in [5.41, 5.74) is 0. The average molecular weight is 190 g/mol. The van der Waals surface area contributed by atoms with Crippen LogP contribution in [0, 0.1) is 13.8 Å². The Labute approximate surface area is 66.4 Å². The molecule has 0 heterocycles. The Kier molecular flexibility index (Phi) is 287. The minimum atomic E-state index is -0.917. The maximum atomic E-state index is 7.15. The molecule has 2 N–H and O–H groups in total. The van der Waals surface area contributed by atoms with Gasteiger partial charge in [-0.15, -0.1) is 0 Å². The third kappa shape index (κ3) is 263. The zero-order valence-corrected chi connectivity index (χ0v) is 9.48. The molecule has 0 spiro atoms. The van der Waals surface area contributed by atoms with Crippen LogP contribution >= 0.6 is 9.03 Å². The first-order valence-electron chi connectivity index (χ1n) is 1.86. The molecular formula is C4H13O2PZn. The predicted octanol–water partition coefficient (Wildman–Crippen LogP) is 1.16. The summed E-state index contributed by atoms with van der Waals surface area (Å²) in [7, 11) is -0.917. The van der Waals surface area contributed by atoms with Gasteiger partial charge in [-0.05, 0) is 0 Å². The second-order valence-electron chi connectivity index (χ2n) is 0.100. The summed E-state index contributed by atoms with van der Waals surface area (Å²) < 4.78 is 0. The maximum Gasteiger partial charge on any atom is 2.00 e. The molecule has 2 nitrogen and oxygen atoms in total.